The topological polar surface area (TPSA) is 217 Å². The summed E-state index contributed by atoms with van der Waals surface area (Å²) in [4.78, 5) is 46.0. The predicted octanol–water partition coefficient (Wildman–Crippen LogP) is 7.24. The molecule has 6 heterocycles. The monoisotopic (exact) mass is 1270 g/mol. The van der Waals surface area contributed by atoms with Gasteiger partial charge in [0.05, 0.1) is 136 Å². The standard InChI is InChI=1S/C65H97F3N10O12/c1-48(2)64-72-70-49(3)78(64)57-43-55-13-14-56(44-57)77(55)23-18-60(51-9-5-4-6-10-51)69-65(81)52-45-75(46-52)61(79)15-12-50-16-21-74(22-17-50)20-8-7-11-54-47-76(73-71-54)24-26-83-28-30-85-32-34-87-36-38-89-40-39-88-37-35-86-33-31-84-29-27-82-25-19-62(80)90-63-58(67)41-53(66)42-59(63)68/h4-6,9-10,41-42,47-48,50,52,55-57,60H,7-8,11-40,43-46H2,1-3H3,(H,69,81)/t55?,56?,57?,60-/m0/s1. The number of fused-ring (bicyclic) bond motifs is 2. The number of carbonyl (C=O) groups is 3. The van der Waals surface area contributed by atoms with E-state index in [1.54, 1.807) is 0 Å². The van der Waals surface area contributed by atoms with Gasteiger partial charge in [0.15, 0.2) is 11.6 Å². The Hall–Kier alpha value is -5.48. The number of carbonyl (C=O) groups excluding carboxylic acids is 3. The van der Waals surface area contributed by atoms with Crippen LogP contribution in [0.1, 0.15) is 132 Å². The van der Waals surface area contributed by atoms with Crippen molar-refractivity contribution < 1.29 is 70.2 Å². The summed E-state index contributed by atoms with van der Waals surface area (Å²) < 4.78 is 93.0. The van der Waals surface area contributed by atoms with E-state index < -0.39 is 29.2 Å². The van der Waals surface area contributed by atoms with Crippen molar-refractivity contribution in [3.05, 3.63) is 89.0 Å². The number of hydrogen-bond acceptors (Lipinski definition) is 18. The van der Waals surface area contributed by atoms with Gasteiger partial charge in [-0.15, -0.1) is 15.3 Å². The molecule has 25 heteroatoms. The normalized spacial score (nSPS) is 18.6. The molecule has 3 atom stereocenters. The number of rotatable bonds is 44. The summed E-state index contributed by atoms with van der Waals surface area (Å²) in [5, 5.41) is 21.1. The van der Waals surface area contributed by atoms with Gasteiger partial charge in [0, 0.05) is 68.4 Å². The van der Waals surface area contributed by atoms with E-state index in [0.29, 0.717) is 154 Å². The first-order valence-electron chi connectivity index (χ1n) is 32.8. The third-order valence-corrected chi connectivity index (χ3v) is 17.3. The fourth-order valence-electron chi connectivity index (χ4n) is 12.4. The van der Waals surface area contributed by atoms with Gasteiger partial charge in [0.2, 0.25) is 17.6 Å². The number of unbranched alkanes of at least 4 members (excludes halogenated alkanes) is 1. The van der Waals surface area contributed by atoms with Crippen LogP contribution in [0.25, 0.3) is 0 Å². The van der Waals surface area contributed by atoms with Crippen molar-refractivity contribution in [3.63, 3.8) is 0 Å². The zero-order valence-electron chi connectivity index (χ0n) is 53.2. The average molecular weight is 1270 g/mol. The van der Waals surface area contributed by atoms with E-state index >= 15 is 0 Å². The number of aromatic nitrogens is 6. The Kier molecular flexibility index (Phi) is 30.1. The number of likely N-dealkylation sites (tertiary alicyclic amines) is 2. The van der Waals surface area contributed by atoms with E-state index in [-0.39, 0.29) is 50.0 Å². The molecular weight excluding hydrogens is 1170 g/mol. The molecule has 0 aliphatic carbocycles. The van der Waals surface area contributed by atoms with E-state index in [0.717, 1.165) is 107 Å². The summed E-state index contributed by atoms with van der Waals surface area (Å²) in [6, 6.07) is 12.7. The first-order valence-corrected chi connectivity index (χ1v) is 32.8. The minimum Gasteiger partial charge on any atom is -0.420 e. The lowest BCUT2D eigenvalue weighted by molar-refractivity contribution is -0.143. The molecule has 8 rings (SSSR count). The Morgan fingerprint density at radius 3 is 1.79 bits per heavy atom. The van der Waals surface area contributed by atoms with Crippen LogP contribution in [0.15, 0.2) is 48.7 Å². The molecular formula is C65H97F3N10O12. The van der Waals surface area contributed by atoms with Crippen molar-refractivity contribution in [1.82, 2.24) is 49.8 Å². The van der Waals surface area contributed by atoms with Crippen LogP contribution in [-0.2, 0) is 65.2 Å². The van der Waals surface area contributed by atoms with E-state index in [4.69, 9.17) is 37.9 Å². The molecule has 0 saturated carbocycles. The summed E-state index contributed by atoms with van der Waals surface area (Å²) in [5.74, 6) is -2.49. The second-order valence-electron chi connectivity index (χ2n) is 24.2. The second kappa shape index (κ2) is 38.5. The fraction of sp³-hybridized carbons (Fsp3) is 0.708. The smallest absolute Gasteiger partial charge is 0.313 e. The third kappa shape index (κ3) is 23.3. The van der Waals surface area contributed by atoms with Crippen LogP contribution in [0.2, 0.25) is 0 Å². The third-order valence-electron chi connectivity index (χ3n) is 17.3. The molecule has 2 bridgehead atoms. The number of benzene rings is 2. The minimum absolute atomic E-state index is 0.0415. The molecule has 2 aromatic carbocycles. The van der Waals surface area contributed by atoms with Gasteiger partial charge < -0.3 is 62.3 Å². The quantitative estimate of drug-likeness (QED) is 0.0262. The highest BCUT2D eigenvalue weighted by atomic mass is 19.1. The van der Waals surface area contributed by atoms with Crippen molar-refractivity contribution in [3.8, 4) is 5.75 Å². The molecule has 2 amide bonds. The average Bonchev–Trinajstić information content (AvgIpc) is 1.83. The highest BCUT2D eigenvalue weighted by Crippen LogP contribution is 2.42. The number of nitrogens with zero attached hydrogens (tertiary/aromatic N) is 9. The molecule has 2 aromatic heterocycles. The molecule has 4 saturated heterocycles. The fourth-order valence-corrected chi connectivity index (χ4v) is 12.4. The molecule has 4 aromatic rings. The molecule has 2 unspecified atom stereocenters. The maximum atomic E-state index is 13.7. The van der Waals surface area contributed by atoms with Crippen LogP contribution in [0.4, 0.5) is 13.2 Å². The van der Waals surface area contributed by atoms with E-state index in [2.05, 4.69) is 90.0 Å². The minimum atomic E-state index is -1.30. The molecule has 90 heavy (non-hydrogen) atoms. The number of hydrogen-bond donors (Lipinski definition) is 1. The van der Waals surface area contributed by atoms with Gasteiger partial charge in [-0.25, -0.2) is 17.9 Å². The number of amides is 2. The number of nitrogens with one attached hydrogen (secondary N) is 1. The Morgan fingerprint density at radius 1 is 0.644 bits per heavy atom. The molecule has 0 radical (unpaired) electrons. The zero-order chi connectivity index (χ0) is 63.3. The van der Waals surface area contributed by atoms with Gasteiger partial charge in [-0.3, -0.25) is 19.3 Å². The van der Waals surface area contributed by atoms with Crippen molar-refractivity contribution in [1.29, 1.82) is 0 Å². The highest BCUT2D eigenvalue weighted by molar-refractivity contribution is 5.84. The van der Waals surface area contributed by atoms with Crippen LogP contribution >= 0.6 is 0 Å². The second-order valence-corrected chi connectivity index (χ2v) is 24.2. The predicted molar refractivity (Wildman–Crippen MR) is 327 cm³/mol. The van der Waals surface area contributed by atoms with Crippen LogP contribution < -0.4 is 10.1 Å². The van der Waals surface area contributed by atoms with Gasteiger partial charge in [-0.05, 0) is 109 Å². The largest absolute Gasteiger partial charge is 0.420 e. The van der Waals surface area contributed by atoms with E-state index in [1.807, 2.05) is 21.8 Å². The molecule has 22 nitrogen and oxygen atoms in total. The maximum Gasteiger partial charge on any atom is 0.313 e. The SMILES string of the molecule is Cc1nnc(C(C)C)n1C1CC2CCC(C1)N2CC[C@H](NC(=O)C1CN(C(=O)CCC2CCN(CCCCc3cn(CCOCCOCCOCCOCCOCCOCCOCCOCCC(=O)Oc4c(F)cc(F)cc4F)nn3)CC2)C1)c1ccccc1. The Bertz CT molecular complexity index is 2700. The first-order chi connectivity index (χ1) is 43.9. The van der Waals surface area contributed by atoms with Gasteiger partial charge in [-0.2, -0.15) is 0 Å². The van der Waals surface area contributed by atoms with E-state index in [1.165, 1.54) is 12.8 Å². The van der Waals surface area contributed by atoms with Crippen molar-refractivity contribution in [2.45, 2.75) is 141 Å². The van der Waals surface area contributed by atoms with Crippen LogP contribution in [-0.4, -0.2) is 219 Å². The van der Waals surface area contributed by atoms with Gasteiger partial charge in [0.1, 0.15) is 17.5 Å². The van der Waals surface area contributed by atoms with Crippen LogP contribution in [0.5, 0.6) is 5.75 Å². The summed E-state index contributed by atoms with van der Waals surface area (Å²) >= 11 is 0. The maximum absolute atomic E-state index is 13.7. The molecule has 1 N–H and O–H groups in total. The van der Waals surface area contributed by atoms with Gasteiger partial charge in [0.25, 0.3) is 0 Å². The van der Waals surface area contributed by atoms with Gasteiger partial charge >= 0.3 is 5.97 Å². The number of piperidine rings is 2. The lowest BCUT2D eigenvalue weighted by Crippen LogP contribution is -2.56. The van der Waals surface area contributed by atoms with Crippen molar-refractivity contribution >= 4 is 17.8 Å². The van der Waals surface area contributed by atoms with Gasteiger partial charge in [-0.1, -0.05) is 49.4 Å². The molecule has 4 fully saturated rings. The molecule has 0 spiro atoms. The molecule has 4 aliphatic rings. The van der Waals surface area contributed by atoms with Crippen molar-refractivity contribution in [2.24, 2.45) is 11.8 Å². The summed E-state index contributed by atoms with van der Waals surface area (Å²) in [7, 11) is 0. The van der Waals surface area contributed by atoms with Crippen LogP contribution in [0.3, 0.4) is 0 Å². The molecule has 4 aliphatic heterocycles. The summed E-state index contributed by atoms with van der Waals surface area (Å²) in [6.07, 6.45) is 14.0. The number of ether oxygens (including phenoxy) is 9. The Morgan fingerprint density at radius 2 is 1.21 bits per heavy atom. The summed E-state index contributed by atoms with van der Waals surface area (Å²) in [6.45, 7) is 18.3. The number of aryl methyl sites for hydroxylation is 2. The van der Waals surface area contributed by atoms with E-state index in [9.17, 15) is 27.6 Å². The summed E-state index contributed by atoms with van der Waals surface area (Å²) in [5.41, 5.74) is 2.13. The first kappa shape index (κ1) is 70.4. The van der Waals surface area contributed by atoms with Crippen molar-refractivity contribution in [2.75, 3.05) is 145 Å². The Labute approximate surface area is 528 Å². The van der Waals surface area contributed by atoms with Crippen LogP contribution in [0, 0.1) is 36.2 Å². The zero-order valence-corrected chi connectivity index (χ0v) is 53.2. The Balaban J connectivity index is 0.547. The highest BCUT2D eigenvalue weighted by Gasteiger charge is 2.43. The number of halogens is 3. The number of esters is 1. The lowest BCUT2D eigenvalue weighted by atomic mass is 9.91. The molecule has 500 valence electrons. The lowest BCUT2D eigenvalue weighted by Gasteiger charge is -2.41.